The Hall–Kier alpha value is -2.70. The van der Waals surface area contributed by atoms with E-state index in [0.717, 1.165) is 44.3 Å². The molecule has 6 rings (SSSR count). The molecule has 0 radical (unpaired) electrons. The van der Waals surface area contributed by atoms with E-state index in [1.807, 2.05) is 18.5 Å². The molecule has 3 atom stereocenters. The molecule has 5 heterocycles. The van der Waals surface area contributed by atoms with Gasteiger partial charge in [-0.1, -0.05) is 30.3 Å². The molecule has 1 aromatic carbocycles. The molecule has 3 unspecified atom stereocenters. The summed E-state index contributed by atoms with van der Waals surface area (Å²) >= 11 is 0. The van der Waals surface area contributed by atoms with Gasteiger partial charge in [0.2, 0.25) is 0 Å². The predicted octanol–water partition coefficient (Wildman–Crippen LogP) is 3.82. The number of ether oxygens (including phenoxy) is 1. The summed E-state index contributed by atoms with van der Waals surface area (Å²) in [5, 5.41) is 1.18. The van der Waals surface area contributed by atoms with Gasteiger partial charge < -0.3 is 19.5 Å². The van der Waals surface area contributed by atoms with Gasteiger partial charge in [-0.15, -0.1) is 0 Å². The van der Waals surface area contributed by atoms with E-state index in [-0.39, 0.29) is 5.91 Å². The van der Waals surface area contributed by atoms with Crippen LogP contribution in [0.2, 0.25) is 0 Å². The molecular weight excluding hydrogens is 424 g/mol. The number of aromatic amines is 1. The number of aromatic nitrogens is 2. The summed E-state index contributed by atoms with van der Waals surface area (Å²) in [5.74, 6) is 0.809. The summed E-state index contributed by atoms with van der Waals surface area (Å²) in [7, 11) is 2.10. The predicted molar refractivity (Wildman–Crippen MR) is 133 cm³/mol. The van der Waals surface area contributed by atoms with E-state index in [1.54, 1.807) is 0 Å². The number of amides is 1. The highest BCUT2D eigenvalue weighted by atomic mass is 16.5. The van der Waals surface area contributed by atoms with Crippen LogP contribution in [0.5, 0.6) is 0 Å². The standard InChI is InChI=1S/C28H34N4O2/c1-31-11-12-34-28(19-31,17-20-5-3-2-4-6-20)27(33)32-24-7-8-25(32)16-21(15-24)13-22-14-23-9-10-29-26(23)30-18-22/h2-6,9-10,14,18,21,24-25H,7-8,11-13,15-17,19H2,1H3,(H,29,30). The molecule has 3 aliphatic heterocycles. The number of pyridine rings is 1. The summed E-state index contributed by atoms with van der Waals surface area (Å²) < 4.78 is 6.39. The number of nitrogens with zero attached hydrogens (tertiary/aromatic N) is 3. The first-order valence-corrected chi connectivity index (χ1v) is 12.7. The minimum Gasteiger partial charge on any atom is -0.362 e. The Morgan fingerprint density at radius 3 is 2.71 bits per heavy atom. The molecule has 178 valence electrons. The van der Waals surface area contributed by atoms with Crippen molar-refractivity contribution in [2.75, 3.05) is 26.7 Å². The number of benzene rings is 1. The molecule has 6 nitrogen and oxygen atoms in total. The molecule has 1 amide bonds. The molecular formula is C28H34N4O2. The molecule has 2 aromatic heterocycles. The van der Waals surface area contributed by atoms with Crippen LogP contribution in [0.15, 0.2) is 54.9 Å². The Morgan fingerprint density at radius 2 is 1.94 bits per heavy atom. The lowest BCUT2D eigenvalue weighted by atomic mass is 9.83. The highest BCUT2D eigenvalue weighted by molar-refractivity contribution is 5.87. The van der Waals surface area contributed by atoms with Crippen molar-refractivity contribution in [1.29, 1.82) is 0 Å². The average molecular weight is 459 g/mol. The van der Waals surface area contributed by atoms with Crippen LogP contribution in [0.4, 0.5) is 0 Å². The summed E-state index contributed by atoms with van der Waals surface area (Å²) in [6.45, 7) is 2.14. The van der Waals surface area contributed by atoms with E-state index >= 15 is 0 Å². The number of carbonyl (C=O) groups excluding carboxylic acids is 1. The Kier molecular flexibility index (Phi) is 5.66. The smallest absolute Gasteiger partial charge is 0.257 e. The third-order valence-electron chi connectivity index (χ3n) is 8.15. The van der Waals surface area contributed by atoms with E-state index in [4.69, 9.17) is 4.74 Å². The Labute approximate surface area is 201 Å². The summed E-state index contributed by atoms with van der Waals surface area (Å²) in [6.07, 6.45) is 10.0. The van der Waals surface area contributed by atoms with Gasteiger partial charge in [0, 0.05) is 49.4 Å². The maximum Gasteiger partial charge on any atom is 0.257 e. The summed E-state index contributed by atoms with van der Waals surface area (Å²) in [5.41, 5.74) is 2.63. The third-order valence-corrected chi connectivity index (χ3v) is 8.15. The largest absolute Gasteiger partial charge is 0.362 e. The van der Waals surface area contributed by atoms with E-state index in [0.29, 0.717) is 37.6 Å². The molecule has 0 aliphatic carbocycles. The van der Waals surface area contributed by atoms with Crippen LogP contribution in [0.3, 0.4) is 0 Å². The fourth-order valence-electron chi connectivity index (χ4n) is 6.65. The van der Waals surface area contributed by atoms with Crippen molar-refractivity contribution in [1.82, 2.24) is 19.8 Å². The van der Waals surface area contributed by atoms with Gasteiger partial charge in [-0.2, -0.15) is 0 Å². The second kappa shape index (κ2) is 8.82. The van der Waals surface area contributed by atoms with Crippen LogP contribution in [-0.4, -0.2) is 70.1 Å². The van der Waals surface area contributed by atoms with E-state index in [9.17, 15) is 4.79 Å². The SMILES string of the molecule is CN1CCOC(Cc2ccccc2)(C(=O)N2C3CCC2CC(Cc2cnc4[nH]ccc4c2)C3)C1. The fraction of sp³-hybridized carbons (Fsp3) is 0.500. The van der Waals surface area contributed by atoms with Crippen LogP contribution in [0.25, 0.3) is 11.0 Å². The number of likely N-dealkylation sites (N-methyl/N-ethyl adjacent to an activating group) is 1. The number of piperidine rings is 1. The number of hydrogen-bond donors (Lipinski definition) is 1. The average Bonchev–Trinajstić information content (AvgIpc) is 3.40. The zero-order valence-corrected chi connectivity index (χ0v) is 20.0. The van der Waals surface area contributed by atoms with Crippen molar-refractivity contribution in [2.45, 2.75) is 56.2 Å². The number of rotatable bonds is 5. The van der Waals surface area contributed by atoms with Crippen LogP contribution < -0.4 is 0 Å². The van der Waals surface area contributed by atoms with Gasteiger partial charge >= 0.3 is 0 Å². The van der Waals surface area contributed by atoms with Gasteiger partial charge in [-0.05, 0) is 68.3 Å². The normalized spacial score (nSPS) is 29.6. The molecule has 1 N–H and O–H groups in total. The van der Waals surface area contributed by atoms with E-state index in [1.165, 1.54) is 16.5 Å². The maximum atomic E-state index is 14.2. The van der Waals surface area contributed by atoms with Crippen LogP contribution in [-0.2, 0) is 22.4 Å². The minimum absolute atomic E-state index is 0.212. The quantitative estimate of drug-likeness (QED) is 0.632. The van der Waals surface area contributed by atoms with E-state index < -0.39 is 5.60 Å². The lowest BCUT2D eigenvalue weighted by molar-refractivity contribution is -0.174. The molecule has 6 heteroatoms. The van der Waals surface area contributed by atoms with Crippen molar-refractivity contribution in [2.24, 2.45) is 5.92 Å². The van der Waals surface area contributed by atoms with Crippen molar-refractivity contribution < 1.29 is 9.53 Å². The summed E-state index contributed by atoms with van der Waals surface area (Å²) in [4.78, 5) is 26.5. The number of fused-ring (bicyclic) bond motifs is 3. The number of H-pyrrole nitrogens is 1. The lowest BCUT2D eigenvalue weighted by Gasteiger charge is -2.47. The number of carbonyl (C=O) groups is 1. The van der Waals surface area contributed by atoms with Crippen LogP contribution in [0.1, 0.15) is 36.8 Å². The van der Waals surface area contributed by atoms with Gasteiger partial charge in [-0.25, -0.2) is 4.98 Å². The second-order valence-corrected chi connectivity index (χ2v) is 10.6. The van der Waals surface area contributed by atoms with Crippen LogP contribution >= 0.6 is 0 Å². The number of hydrogen-bond acceptors (Lipinski definition) is 4. The molecule has 34 heavy (non-hydrogen) atoms. The molecule has 3 fully saturated rings. The minimum atomic E-state index is -0.786. The Bertz CT molecular complexity index is 1150. The molecule has 0 spiro atoms. The summed E-state index contributed by atoms with van der Waals surface area (Å²) in [6, 6.07) is 15.4. The molecule has 3 saturated heterocycles. The van der Waals surface area contributed by atoms with Gasteiger partial charge in [0.05, 0.1) is 6.61 Å². The maximum absolute atomic E-state index is 14.2. The van der Waals surface area contributed by atoms with Crippen molar-refractivity contribution in [3.63, 3.8) is 0 Å². The molecule has 3 aliphatic rings. The second-order valence-electron chi connectivity index (χ2n) is 10.6. The van der Waals surface area contributed by atoms with E-state index in [2.05, 4.69) is 63.2 Å². The van der Waals surface area contributed by atoms with Gasteiger partial charge in [0.15, 0.2) is 5.60 Å². The lowest BCUT2D eigenvalue weighted by Crippen LogP contribution is -2.64. The van der Waals surface area contributed by atoms with Crippen molar-refractivity contribution in [3.8, 4) is 0 Å². The number of morpholine rings is 1. The van der Waals surface area contributed by atoms with Gasteiger partial charge in [0.1, 0.15) is 5.65 Å². The van der Waals surface area contributed by atoms with Crippen molar-refractivity contribution >= 4 is 16.9 Å². The first kappa shape index (κ1) is 21.8. The number of nitrogens with one attached hydrogen (secondary N) is 1. The first-order valence-electron chi connectivity index (χ1n) is 12.7. The highest BCUT2D eigenvalue weighted by Crippen LogP contribution is 2.42. The topological polar surface area (TPSA) is 61.5 Å². The zero-order chi connectivity index (χ0) is 23.1. The van der Waals surface area contributed by atoms with Crippen molar-refractivity contribution in [3.05, 3.63) is 66.0 Å². The molecule has 2 bridgehead atoms. The third kappa shape index (κ3) is 4.03. The zero-order valence-electron chi connectivity index (χ0n) is 20.0. The molecule has 3 aromatic rings. The fourth-order valence-corrected chi connectivity index (χ4v) is 6.65. The molecule has 0 saturated carbocycles. The Morgan fingerprint density at radius 1 is 1.15 bits per heavy atom. The van der Waals surface area contributed by atoms with Gasteiger partial charge in [-0.3, -0.25) is 4.79 Å². The van der Waals surface area contributed by atoms with Gasteiger partial charge in [0.25, 0.3) is 5.91 Å². The van der Waals surface area contributed by atoms with Crippen LogP contribution in [0, 0.1) is 5.92 Å². The monoisotopic (exact) mass is 458 g/mol. The highest BCUT2D eigenvalue weighted by Gasteiger charge is 2.52. The first-order chi connectivity index (χ1) is 16.6. The Balaban J connectivity index is 1.20.